The fraction of sp³-hybridized carbons (Fsp3) is 0.714. The minimum absolute atomic E-state index is 0.0157. The van der Waals surface area contributed by atoms with Gasteiger partial charge in [-0.1, -0.05) is 0 Å². The first-order valence-electron chi connectivity index (χ1n) is 6.67. The number of thiophene rings is 1. The molecule has 2 heterocycles. The average molecular weight is 250 g/mol. The molecule has 2 N–H and O–H groups in total. The fourth-order valence-electron chi connectivity index (χ4n) is 3.09. The highest BCUT2D eigenvalue weighted by atomic mass is 32.1. The summed E-state index contributed by atoms with van der Waals surface area (Å²) in [6.07, 6.45) is 3.87. The summed E-state index contributed by atoms with van der Waals surface area (Å²) in [5, 5.41) is 2.23. The minimum Gasteiger partial charge on any atom is -0.324 e. The van der Waals surface area contributed by atoms with E-state index >= 15 is 0 Å². The predicted octanol–water partition coefficient (Wildman–Crippen LogP) is 2.79. The molecule has 1 aliphatic carbocycles. The summed E-state index contributed by atoms with van der Waals surface area (Å²) in [5.74, 6) is 0.763. The lowest BCUT2D eigenvalue weighted by molar-refractivity contribution is 0.149. The molecule has 1 saturated carbocycles. The molecule has 0 amide bonds. The van der Waals surface area contributed by atoms with Crippen LogP contribution in [0.1, 0.15) is 43.2 Å². The van der Waals surface area contributed by atoms with E-state index in [1.165, 1.54) is 31.4 Å². The summed E-state index contributed by atoms with van der Waals surface area (Å²) in [5.41, 5.74) is 8.02. The minimum atomic E-state index is 0.0157. The molecule has 2 unspecified atom stereocenters. The van der Waals surface area contributed by atoms with Gasteiger partial charge in [0.15, 0.2) is 0 Å². The van der Waals surface area contributed by atoms with Gasteiger partial charge in [0, 0.05) is 29.5 Å². The number of fused-ring (bicyclic) bond motifs is 1. The average Bonchev–Trinajstić information content (AvgIpc) is 3.03. The number of rotatable bonds is 3. The van der Waals surface area contributed by atoms with Crippen LogP contribution in [0.15, 0.2) is 11.4 Å². The maximum atomic E-state index is 6.47. The SMILES string of the molecule is CC1c2ccsc2CCN1CC(C)(N)C1CC1. The highest BCUT2D eigenvalue weighted by Gasteiger charge is 2.40. The van der Waals surface area contributed by atoms with Crippen LogP contribution in [0.3, 0.4) is 0 Å². The third-order valence-corrected chi connectivity index (χ3v) is 5.45. The molecule has 94 valence electrons. The zero-order valence-electron chi connectivity index (χ0n) is 10.8. The Bertz CT molecular complexity index is 406. The smallest absolute Gasteiger partial charge is 0.0331 e. The van der Waals surface area contributed by atoms with Gasteiger partial charge in [-0.15, -0.1) is 11.3 Å². The van der Waals surface area contributed by atoms with Gasteiger partial charge >= 0.3 is 0 Å². The molecule has 3 rings (SSSR count). The Kier molecular flexibility index (Phi) is 2.80. The highest BCUT2D eigenvalue weighted by Crippen LogP contribution is 2.40. The van der Waals surface area contributed by atoms with Gasteiger partial charge in [-0.2, -0.15) is 0 Å². The van der Waals surface area contributed by atoms with Crippen LogP contribution < -0.4 is 5.73 Å². The molecule has 3 heteroatoms. The molecular weight excluding hydrogens is 228 g/mol. The Morgan fingerprint density at radius 2 is 2.29 bits per heavy atom. The van der Waals surface area contributed by atoms with E-state index in [1.54, 1.807) is 4.88 Å². The molecule has 17 heavy (non-hydrogen) atoms. The van der Waals surface area contributed by atoms with Crippen LogP contribution in [-0.4, -0.2) is 23.5 Å². The number of hydrogen-bond acceptors (Lipinski definition) is 3. The van der Waals surface area contributed by atoms with Crippen molar-refractivity contribution in [3.05, 3.63) is 21.9 Å². The van der Waals surface area contributed by atoms with Crippen molar-refractivity contribution in [2.75, 3.05) is 13.1 Å². The molecule has 1 aliphatic heterocycles. The van der Waals surface area contributed by atoms with Crippen molar-refractivity contribution in [1.82, 2.24) is 4.90 Å². The van der Waals surface area contributed by atoms with E-state index in [2.05, 4.69) is 30.2 Å². The molecule has 2 nitrogen and oxygen atoms in total. The topological polar surface area (TPSA) is 29.3 Å². The van der Waals surface area contributed by atoms with Crippen molar-refractivity contribution in [1.29, 1.82) is 0 Å². The van der Waals surface area contributed by atoms with Crippen molar-refractivity contribution in [3.63, 3.8) is 0 Å². The van der Waals surface area contributed by atoms with E-state index in [0.29, 0.717) is 6.04 Å². The van der Waals surface area contributed by atoms with Gasteiger partial charge in [-0.3, -0.25) is 4.90 Å². The fourth-order valence-corrected chi connectivity index (χ4v) is 4.05. The molecule has 1 aromatic rings. The Morgan fingerprint density at radius 3 is 3.00 bits per heavy atom. The summed E-state index contributed by atoms with van der Waals surface area (Å²) >= 11 is 1.91. The Labute approximate surface area is 108 Å². The largest absolute Gasteiger partial charge is 0.324 e. The van der Waals surface area contributed by atoms with Gasteiger partial charge in [0.2, 0.25) is 0 Å². The zero-order chi connectivity index (χ0) is 12.0. The second kappa shape index (κ2) is 4.08. The summed E-state index contributed by atoms with van der Waals surface area (Å²) in [6.45, 7) is 6.79. The van der Waals surface area contributed by atoms with Gasteiger partial charge < -0.3 is 5.73 Å². The summed E-state index contributed by atoms with van der Waals surface area (Å²) < 4.78 is 0. The molecule has 0 radical (unpaired) electrons. The van der Waals surface area contributed by atoms with Crippen molar-refractivity contribution >= 4 is 11.3 Å². The van der Waals surface area contributed by atoms with Gasteiger partial charge in [0.1, 0.15) is 0 Å². The first-order valence-corrected chi connectivity index (χ1v) is 7.55. The Hall–Kier alpha value is -0.380. The van der Waals surface area contributed by atoms with Crippen LogP contribution in [-0.2, 0) is 6.42 Å². The van der Waals surface area contributed by atoms with Crippen LogP contribution in [0.2, 0.25) is 0 Å². The molecule has 2 atom stereocenters. The van der Waals surface area contributed by atoms with E-state index in [9.17, 15) is 0 Å². The first-order chi connectivity index (χ1) is 8.08. The van der Waals surface area contributed by atoms with Crippen LogP contribution in [0, 0.1) is 5.92 Å². The van der Waals surface area contributed by atoms with E-state index in [0.717, 1.165) is 12.5 Å². The van der Waals surface area contributed by atoms with E-state index < -0.39 is 0 Å². The van der Waals surface area contributed by atoms with E-state index in [1.807, 2.05) is 11.3 Å². The van der Waals surface area contributed by atoms with Crippen LogP contribution in [0.5, 0.6) is 0 Å². The summed E-state index contributed by atoms with van der Waals surface area (Å²) in [6, 6.07) is 2.84. The van der Waals surface area contributed by atoms with Crippen LogP contribution in [0.4, 0.5) is 0 Å². The highest BCUT2D eigenvalue weighted by molar-refractivity contribution is 7.10. The summed E-state index contributed by atoms with van der Waals surface area (Å²) in [7, 11) is 0. The summed E-state index contributed by atoms with van der Waals surface area (Å²) in [4.78, 5) is 4.16. The normalized spacial score (nSPS) is 28.8. The van der Waals surface area contributed by atoms with Gasteiger partial charge in [-0.25, -0.2) is 0 Å². The number of nitrogens with two attached hydrogens (primary N) is 1. The van der Waals surface area contributed by atoms with Gasteiger partial charge in [0.25, 0.3) is 0 Å². The molecule has 1 fully saturated rings. The van der Waals surface area contributed by atoms with Crippen molar-refractivity contribution in [3.8, 4) is 0 Å². The molecule has 0 saturated heterocycles. The number of nitrogens with zero attached hydrogens (tertiary/aromatic N) is 1. The third-order valence-electron chi connectivity index (χ3n) is 4.46. The quantitative estimate of drug-likeness (QED) is 0.894. The standard InChI is InChI=1S/C14H22N2S/c1-10-12-6-8-17-13(12)5-7-16(10)9-14(2,15)11-3-4-11/h6,8,10-11H,3-5,7,9,15H2,1-2H3. The molecule has 1 aromatic heterocycles. The Morgan fingerprint density at radius 1 is 1.53 bits per heavy atom. The molecule has 2 aliphatic rings. The predicted molar refractivity (Wildman–Crippen MR) is 73.3 cm³/mol. The second-order valence-electron chi connectivity index (χ2n) is 5.98. The number of hydrogen-bond donors (Lipinski definition) is 1. The van der Waals surface area contributed by atoms with Crippen molar-refractivity contribution in [2.24, 2.45) is 11.7 Å². The van der Waals surface area contributed by atoms with Gasteiger partial charge in [0.05, 0.1) is 0 Å². The molecule has 0 aromatic carbocycles. The van der Waals surface area contributed by atoms with E-state index in [-0.39, 0.29) is 5.54 Å². The van der Waals surface area contributed by atoms with Crippen LogP contribution >= 0.6 is 11.3 Å². The molecular formula is C14H22N2S. The molecule has 0 bridgehead atoms. The lowest BCUT2D eigenvalue weighted by Gasteiger charge is -2.39. The van der Waals surface area contributed by atoms with E-state index in [4.69, 9.17) is 5.73 Å². The third kappa shape index (κ3) is 2.16. The monoisotopic (exact) mass is 250 g/mol. The maximum Gasteiger partial charge on any atom is 0.0331 e. The van der Waals surface area contributed by atoms with Crippen molar-refractivity contribution < 1.29 is 0 Å². The van der Waals surface area contributed by atoms with Crippen molar-refractivity contribution in [2.45, 2.75) is 44.7 Å². The molecule has 0 spiro atoms. The first kappa shape index (κ1) is 11.7. The second-order valence-corrected chi connectivity index (χ2v) is 6.98. The van der Waals surface area contributed by atoms with Gasteiger partial charge in [-0.05, 0) is 56.0 Å². The zero-order valence-corrected chi connectivity index (χ0v) is 11.6. The lowest BCUT2D eigenvalue weighted by atomic mass is 9.93. The van der Waals surface area contributed by atoms with Crippen LogP contribution in [0.25, 0.3) is 0 Å². The lowest BCUT2D eigenvalue weighted by Crippen LogP contribution is -2.51. The maximum absolute atomic E-state index is 6.47. The Balaban J connectivity index is 1.73.